The number of aliphatic carboxylic acids is 1. The summed E-state index contributed by atoms with van der Waals surface area (Å²) in [5.41, 5.74) is 3.16. The number of carboxylic acids is 1. The summed E-state index contributed by atoms with van der Waals surface area (Å²) in [4.78, 5) is 25.7. The molecule has 2 aromatic rings. The fraction of sp³-hybridized carbons (Fsp3) is 0.333. The predicted molar refractivity (Wildman–Crippen MR) is 116 cm³/mol. The normalized spacial score (nSPS) is 15.9. The number of carboxylic acid groups (broad SMARTS) is 1. The predicted octanol–water partition coefficient (Wildman–Crippen LogP) is 1.48. The largest absolute Gasteiger partial charge is 0.480 e. The number of hydrogen-bond acceptors (Lipinski definition) is 5. The molecule has 0 aromatic heterocycles. The van der Waals surface area contributed by atoms with E-state index in [2.05, 4.69) is 34.2 Å². The molecule has 1 amide bonds. The molecule has 1 heterocycles. The first-order valence-corrected chi connectivity index (χ1v) is 10.2. The number of carbonyl (C=O) groups excluding carboxylic acids is 1. The van der Waals surface area contributed by atoms with E-state index < -0.39 is 24.0 Å². The van der Waals surface area contributed by atoms with Crippen molar-refractivity contribution in [2.24, 2.45) is 0 Å². The number of amides is 1. The highest BCUT2D eigenvalue weighted by Crippen LogP contribution is 2.10. The minimum Gasteiger partial charge on any atom is -0.480 e. The van der Waals surface area contributed by atoms with Crippen LogP contribution in [0.1, 0.15) is 34.0 Å². The smallest absolute Gasteiger partial charge is 0.328 e. The van der Waals surface area contributed by atoms with Crippen molar-refractivity contribution >= 4 is 11.9 Å². The standard InChI is InChI=1S/C24H26N2O5/c1-17(27)22(24(29)30)25-23(28)21-10-8-19(9-11-21)3-2-18-4-6-20(7-5-18)16-26-12-14-31-15-13-26/h4-11,17,22,27H,12-16H2,1H3,(H,25,28)(H,29,30)/t17-,22+/m1/s1. The van der Waals surface area contributed by atoms with Crippen LogP contribution in [0.2, 0.25) is 0 Å². The van der Waals surface area contributed by atoms with E-state index in [0.29, 0.717) is 5.56 Å². The van der Waals surface area contributed by atoms with Crippen molar-refractivity contribution < 1.29 is 24.5 Å². The highest BCUT2D eigenvalue weighted by Gasteiger charge is 2.25. The van der Waals surface area contributed by atoms with Gasteiger partial charge >= 0.3 is 5.97 Å². The second-order valence-electron chi connectivity index (χ2n) is 7.44. The van der Waals surface area contributed by atoms with Crippen LogP contribution >= 0.6 is 0 Å². The van der Waals surface area contributed by atoms with Gasteiger partial charge in [0.05, 0.1) is 19.3 Å². The SMILES string of the molecule is C[C@@H](O)[C@H](NC(=O)c1ccc(C#Cc2ccc(CN3CCOCC3)cc2)cc1)C(=O)O. The third-order valence-corrected chi connectivity index (χ3v) is 5.00. The molecule has 0 unspecified atom stereocenters. The Morgan fingerprint density at radius 2 is 1.58 bits per heavy atom. The first kappa shape index (κ1) is 22.5. The van der Waals surface area contributed by atoms with Crippen molar-refractivity contribution in [2.75, 3.05) is 26.3 Å². The maximum absolute atomic E-state index is 12.2. The average molecular weight is 422 g/mol. The molecule has 1 aliphatic rings. The molecule has 1 fully saturated rings. The lowest BCUT2D eigenvalue weighted by molar-refractivity contribution is -0.141. The first-order valence-electron chi connectivity index (χ1n) is 10.2. The van der Waals surface area contributed by atoms with Gasteiger partial charge in [-0.3, -0.25) is 9.69 Å². The molecule has 1 saturated heterocycles. The van der Waals surface area contributed by atoms with Crippen molar-refractivity contribution in [3.63, 3.8) is 0 Å². The number of aliphatic hydroxyl groups excluding tert-OH is 1. The van der Waals surface area contributed by atoms with Gasteiger partial charge in [-0.2, -0.15) is 0 Å². The Morgan fingerprint density at radius 1 is 1.03 bits per heavy atom. The first-order chi connectivity index (χ1) is 14.9. The Kier molecular flexibility index (Phi) is 7.79. The second-order valence-corrected chi connectivity index (χ2v) is 7.44. The molecule has 1 aliphatic heterocycles. The minimum atomic E-state index is -1.36. The fourth-order valence-electron chi connectivity index (χ4n) is 3.17. The molecular weight excluding hydrogens is 396 g/mol. The summed E-state index contributed by atoms with van der Waals surface area (Å²) in [6, 6.07) is 13.3. The van der Waals surface area contributed by atoms with Crippen molar-refractivity contribution in [3.8, 4) is 11.8 Å². The molecular formula is C24H26N2O5. The maximum Gasteiger partial charge on any atom is 0.328 e. The molecule has 3 rings (SSSR count). The lowest BCUT2D eigenvalue weighted by Crippen LogP contribution is -2.47. The number of benzene rings is 2. The van der Waals surface area contributed by atoms with E-state index in [4.69, 9.17) is 9.84 Å². The Labute approximate surface area is 181 Å². The van der Waals surface area contributed by atoms with E-state index >= 15 is 0 Å². The maximum atomic E-state index is 12.2. The van der Waals surface area contributed by atoms with Gasteiger partial charge in [0.15, 0.2) is 6.04 Å². The van der Waals surface area contributed by atoms with Crippen LogP contribution < -0.4 is 5.32 Å². The number of carbonyl (C=O) groups is 2. The van der Waals surface area contributed by atoms with Crippen LogP contribution in [0.5, 0.6) is 0 Å². The van der Waals surface area contributed by atoms with Crippen LogP contribution in [0.15, 0.2) is 48.5 Å². The summed E-state index contributed by atoms with van der Waals surface area (Å²) in [5.74, 6) is 4.31. The van der Waals surface area contributed by atoms with Gasteiger partial charge in [0.2, 0.25) is 0 Å². The summed E-state index contributed by atoms with van der Waals surface area (Å²) in [6.07, 6.45) is -1.20. The van der Waals surface area contributed by atoms with E-state index in [9.17, 15) is 14.7 Å². The zero-order valence-corrected chi connectivity index (χ0v) is 17.4. The topological polar surface area (TPSA) is 99.1 Å². The number of morpholine rings is 1. The van der Waals surface area contributed by atoms with Crippen molar-refractivity contribution in [3.05, 3.63) is 70.8 Å². The molecule has 0 aliphatic carbocycles. The molecule has 0 bridgehead atoms. The lowest BCUT2D eigenvalue weighted by Gasteiger charge is -2.26. The van der Waals surface area contributed by atoms with E-state index in [1.807, 2.05) is 12.1 Å². The van der Waals surface area contributed by atoms with Crippen LogP contribution in [0, 0.1) is 11.8 Å². The lowest BCUT2D eigenvalue weighted by atomic mass is 10.1. The molecule has 7 heteroatoms. The molecule has 2 aromatic carbocycles. The average Bonchev–Trinajstić information content (AvgIpc) is 2.77. The Hall–Kier alpha value is -3.18. The summed E-state index contributed by atoms with van der Waals surface area (Å²) in [7, 11) is 0. The number of hydrogen-bond donors (Lipinski definition) is 3. The third-order valence-electron chi connectivity index (χ3n) is 5.00. The highest BCUT2D eigenvalue weighted by molar-refractivity contribution is 5.96. The summed E-state index contributed by atoms with van der Waals surface area (Å²) in [6.45, 7) is 5.68. The van der Waals surface area contributed by atoms with E-state index in [1.54, 1.807) is 24.3 Å². The van der Waals surface area contributed by atoms with Crippen molar-refractivity contribution in [1.82, 2.24) is 10.2 Å². The molecule has 0 saturated carbocycles. The van der Waals surface area contributed by atoms with Crippen LogP contribution in [-0.2, 0) is 16.1 Å². The molecule has 2 atom stereocenters. The minimum absolute atomic E-state index is 0.296. The monoisotopic (exact) mass is 422 g/mol. The van der Waals surface area contributed by atoms with E-state index in [-0.39, 0.29) is 0 Å². The molecule has 31 heavy (non-hydrogen) atoms. The number of aliphatic hydroxyl groups is 1. The number of nitrogens with zero attached hydrogens (tertiary/aromatic N) is 1. The summed E-state index contributed by atoms with van der Waals surface area (Å²) in [5, 5.41) is 20.8. The number of rotatable bonds is 6. The highest BCUT2D eigenvalue weighted by atomic mass is 16.5. The van der Waals surface area contributed by atoms with Gasteiger partial charge in [0, 0.05) is 36.3 Å². The fourth-order valence-corrected chi connectivity index (χ4v) is 3.17. The van der Waals surface area contributed by atoms with Gasteiger partial charge in [-0.25, -0.2) is 4.79 Å². The van der Waals surface area contributed by atoms with E-state index in [0.717, 1.165) is 44.0 Å². The van der Waals surface area contributed by atoms with Crippen LogP contribution in [0.4, 0.5) is 0 Å². The molecule has 3 N–H and O–H groups in total. The Balaban J connectivity index is 1.58. The van der Waals surface area contributed by atoms with Crippen LogP contribution in [0.25, 0.3) is 0 Å². The van der Waals surface area contributed by atoms with Crippen LogP contribution in [0.3, 0.4) is 0 Å². The van der Waals surface area contributed by atoms with E-state index in [1.165, 1.54) is 12.5 Å². The molecule has 0 spiro atoms. The zero-order chi connectivity index (χ0) is 22.2. The van der Waals surface area contributed by atoms with Gasteiger partial charge in [0.25, 0.3) is 5.91 Å². The third kappa shape index (κ3) is 6.66. The number of ether oxygens (including phenoxy) is 1. The molecule has 0 radical (unpaired) electrons. The van der Waals surface area contributed by atoms with Gasteiger partial charge in [0.1, 0.15) is 0 Å². The van der Waals surface area contributed by atoms with Gasteiger partial charge in [-0.15, -0.1) is 0 Å². The second kappa shape index (κ2) is 10.7. The van der Waals surface area contributed by atoms with Crippen LogP contribution in [-0.4, -0.2) is 65.4 Å². The molecule has 162 valence electrons. The molecule has 7 nitrogen and oxygen atoms in total. The van der Waals surface area contributed by atoms with Gasteiger partial charge in [-0.1, -0.05) is 24.0 Å². The quantitative estimate of drug-likeness (QED) is 0.610. The summed E-state index contributed by atoms with van der Waals surface area (Å²) < 4.78 is 5.37. The van der Waals surface area contributed by atoms with Gasteiger partial charge < -0.3 is 20.3 Å². The Bertz CT molecular complexity index is 952. The van der Waals surface area contributed by atoms with Crippen molar-refractivity contribution in [1.29, 1.82) is 0 Å². The zero-order valence-electron chi connectivity index (χ0n) is 17.4. The van der Waals surface area contributed by atoms with Gasteiger partial charge in [-0.05, 0) is 48.9 Å². The Morgan fingerprint density at radius 3 is 2.10 bits per heavy atom. The number of nitrogens with one attached hydrogen (secondary N) is 1. The summed E-state index contributed by atoms with van der Waals surface area (Å²) >= 11 is 0. The van der Waals surface area contributed by atoms with Crippen molar-refractivity contribution in [2.45, 2.75) is 25.6 Å².